The Labute approximate surface area is 119 Å². The van der Waals surface area contributed by atoms with Gasteiger partial charge in [-0.1, -0.05) is 37.1 Å². The van der Waals surface area contributed by atoms with Crippen molar-refractivity contribution in [3.8, 4) is 0 Å². The molecule has 20 heavy (non-hydrogen) atoms. The van der Waals surface area contributed by atoms with Crippen LogP contribution in [-0.2, 0) is 16.0 Å². The minimum atomic E-state index is -0.533. The van der Waals surface area contributed by atoms with Crippen molar-refractivity contribution in [1.29, 1.82) is 0 Å². The van der Waals surface area contributed by atoms with Gasteiger partial charge in [0.1, 0.15) is 0 Å². The molecule has 1 aromatic carbocycles. The average Bonchev–Trinajstić information content (AvgIpc) is 2.49. The Kier molecular flexibility index (Phi) is 4.03. The molecule has 1 fully saturated rings. The van der Waals surface area contributed by atoms with Crippen LogP contribution in [0.4, 0.5) is 0 Å². The Balaban J connectivity index is 1.72. The summed E-state index contributed by atoms with van der Waals surface area (Å²) < 4.78 is 5.65. The molecule has 0 radical (unpaired) electrons. The molecule has 0 saturated heterocycles. The summed E-state index contributed by atoms with van der Waals surface area (Å²) in [6, 6.07) is 7.80. The van der Waals surface area contributed by atoms with Gasteiger partial charge in [0.25, 0.3) is 5.91 Å². The molecule has 3 rings (SSSR count). The zero-order valence-electron chi connectivity index (χ0n) is 11.5. The number of hydrogen-bond donors (Lipinski definition) is 2. The molecular formula is C16H21NO3. The third-order valence-corrected chi connectivity index (χ3v) is 4.29. The molecule has 1 aromatic rings. The van der Waals surface area contributed by atoms with Crippen LogP contribution in [0.1, 0.15) is 42.9 Å². The van der Waals surface area contributed by atoms with Crippen molar-refractivity contribution in [2.75, 3.05) is 6.61 Å². The monoisotopic (exact) mass is 275 g/mol. The number of rotatable bonds is 2. The van der Waals surface area contributed by atoms with Crippen LogP contribution in [-0.4, -0.2) is 29.8 Å². The molecule has 1 aliphatic carbocycles. The number of carbonyl (C=O) groups excluding carboxylic acids is 1. The van der Waals surface area contributed by atoms with Crippen molar-refractivity contribution in [3.63, 3.8) is 0 Å². The average molecular weight is 275 g/mol. The van der Waals surface area contributed by atoms with Gasteiger partial charge < -0.3 is 15.2 Å². The number of hydrogen-bond acceptors (Lipinski definition) is 3. The number of benzene rings is 1. The van der Waals surface area contributed by atoms with E-state index < -0.39 is 12.2 Å². The molecule has 0 bridgehead atoms. The number of nitrogens with one attached hydrogen (secondary N) is 1. The van der Waals surface area contributed by atoms with E-state index in [0.29, 0.717) is 6.61 Å². The molecule has 1 aliphatic heterocycles. The lowest BCUT2D eigenvalue weighted by molar-refractivity contribution is -0.136. The first-order valence-corrected chi connectivity index (χ1v) is 7.43. The molecule has 1 saturated carbocycles. The van der Waals surface area contributed by atoms with Gasteiger partial charge in [0, 0.05) is 0 Å². The normalized spacial score (nSPS) is 29.6. The van der Waals surface area contributed by atoms with E-state index in [0.717, 1.165) is 37.7 Å². The maximum absolute atomic E-state index is 12.4. The van der Waals surface area contributed by atoms with Gasteiger partial charge in [-0.25, -0.2) is 0 Å². The van der Waals surface area contributed by atoms with Gasteiger partial charge in [0.05, 0.1) is 18.8 Å². The Bertz CT molecular complexity index is 488. The van der Waals surface area contributed by atoms with Crippen molar-refractivity contribution in [2.45, 2.75) is 50.4 Å². The van der Waals surface area contributed by atoms with Crippen LogP contribution in [0.15, 0.2) is 24.3 Å². The molecular weight excluding hydrogens is 254 g/mol. The Morgan fingerprint density at radius 1 is 1.25 bits per heavy atom. The Morgan fingerprint density at radius 2 is 2.05 bits per heavy atom. The molecule has 2 aliphatic rings. The van der Waals surface area contributed by atoms with Crippen LogP contribution in [0.5, 0.6) is 0 Å². The fourth-order valence-electron chi connectivity index (χ4n) is 3.15. The summed E-state index contributed by atoms with van der Waals surface area (Å²) in [5.41, 5.74) is 2.14. The van der Waals surface area contributed by atoms with Gasteiger partial charge in [0.15, 0.2) is 6.10 Å². The first kappa shape index (κ1) is 13.6. The largest absolute Gasteiger partial charge is 0.391 e. The molecule has 3 unspecified atom stereocenters. The summed E-state index contributed by atoms with van der Waals surface area (Å²) in [5, 5.41) is 12.9. The highest BCUT2D eigenvalue weighted by atomic mass is 16.5. The molecule has 2 N–H and O–H groups in total. The molecule has 1 amide bonds. The lowest BCUT2D eigenvalue weighted by Gasteiger charge is -2.31. The maximum atomic E-state index is 12.4. The quantitative estimate of drug-likeness (QED) is 0.864. The highest BCUT2D eigenvalue weighted by molar-refractivity contribution is 5.83. The van der Waals surface area contributed by atoms with Crippen molar-refractivity contribution in [1.82, 2.24) is 5.32 Å². The number of fused-ring (bicyclic) bond motifs is 1. The zero-order valence-corrected chi connectivity index (χ0v) is 11.5. The molecule has 3 atom stereocenters. The molecule has 4 heteroatoms. The summed E-state index contributed by atoms with van der Waals surface area (Å²) in [5.74, 6) is -0.122. The van der Waals surface area contributed by atoms with E-state index in [1.165, 1.54) is 5.56 Å². The van der Waals surface area contributed by atoms with E-state index in [1.807, 2.05) is 24.3 Å². The molecule has 4 nitrogen and oxygen atoms in total. The van der Waals surface area contributed by atoms with E-state index in [9.17, 15) is 9.90 Å². The number of amides is 1. The van der Waals surface area contributed by atoms with E-state index in [4.69, 9.17) is 4.74 Å². The fourth-order valence-corrected chi connectivity index (χ4v) is 3.15. The second kappa shape index (κ2) is 5.94. The first-order chi connectivity index (χ1) is 9.75. The lowest BCUT2D eigenvalue weighted by Crippen LogP contribution is -2.47. The summed E-state index contributed by atoms with van der Waals surface area (Å²) in [4.78, 5) is 12.4. The Hall–Kier alpha value is -1.39. The second-order valence-electron chi connectivity index (χ2n) is 5.67. The topological polar surface area (TPSA) is 58.6 Å². The summed E-state index contributed by atoms with van der Waals surface area (Å²) in [6.07, 6.45) is 3.61. The fraction of sp³-hybridized carbons (Fsp3) is 0.562. The molecule has 0 aromatic heterocycles. The zero-order chi connectivity index (χ0) is 13.9. The third kappa shape index (κ3) is 2.72. The van der Waals surface area contributed by atoms with Crippen LogP contribution in [0.3, 0.4) is 0 Å². The number of aliphatic hydroxyl groups is 1. The van der Waals surface area contributed by atoms with Crippen molar-refractivity contribution < 1.29 is 14.6 Å². The van der Waals surface area contributed by atoms with Gasteiger partial charge in [-0.3, -0.25) is 4.79 Å². The first-order valence-electron chi connectivity index (χ1n) is 7.43. The van der Waals surface area contributed by atoms with Crippen molar-refractivity contribution >= 4 is 5.91 Å². The minimum Gasteiger partial charge on any atom is -0.391 e. The van der Waals surface area contributed by atoms with Gasteiger partial charge in [-0.05, 0) is 30.4 Å². The van der Waals surface area contributed by atoms with E-state index in [1.54, 1.807) is 0 Å². The minimum absolute atomic E-state index is 0.122. The van der Waals surface area contributed by atoms with Crippen LogP contribution >= 0.6 is 0 Å². The van der Waals surface area contributed by atoms with Crippen LogP contribution in [0, 0.1) is 0 Å². The van der Waals surface area contributed by atoms with Crippen LogP contribution in [0.25, 0.3) is 0 Å². The standard InChI is InChI=1S/C16H21NO3/c18-14-8-4-3-7-13(14)17-16(19)15-12-6-2-1-5-11(12)9-10-20-15/h1-2,5-6,13-15,18H,3-4,7-10H2,(H,17,19). The van der Waals surface area contributed by atoms with E-state index in [-0.39, 0.29) is 11.9 Å². The summed E-state index contributed by atoms with van der Waals surface area (Å²) >= 11 is 0. The van der Waals surface area contributed by atoms with Gasteiger partial charge in [-0.15, -0.1) is 0 Å². The maximum Gasteiger partial charge on any atom is 0.254 e. The summed E-state index contributed by atoms with van der Waals surface area (Å²) in [7, 11) is 0. The second-order valence-corrected chi connectivity index (χ2v) is 5.67. The van der Waals surface area contributed by atoms with Crippen LogP contribution < -0.4 is 5.32 Å². The van der Waals surface area contributed by atoms with Crippen LogP contribution in [0.2, 0.25) is 0 Å². The SMILES string of the molecule is O=C(NC1CCCCC1O)C1OCCc2ccccc21. The van der Waals surface area contributed by atoms with Crippen molar-refractivity contribution in [3.05, 3.63) is 35.4 Å². The van der Waals surface area contributed by atoms with Crippen molar-refractivity contribution in [2.24, 2.45) is 0 Å². The predicted octanol–water partition coefficient (Wildman–Crippen LogP) is 1.72. The highest BCUT2D eigenvalue weighted by Gasteiger charge is 2.31. The van der Waals surface area contributed by atoms with Gasteiger partial charge in [-0.2, -0.15) is 0 Å². The molecule has 1 heterocycles. The number of aliphatic hydroxyl groups excluding tert-OH is 1. The molecule has 0 spiro atoms. The highest BCUT2D eigenvalue weighted by Crippen LogP contribution is 2.28. The summed E-state index contributed by atoms with van der Waals surface area (Å²) in [6.45, 7) is 0.572. The van der Waals surface area contributed by atoms with Gasteiger partial charge in [0.2, 0.25) is 0 Å². The van der Waals surface area contributed by atoms with Gasteiger partial charge >= 0.3 is 0 Å². The number of ether oxygens (including phenoxy) is 1. The lowest BCUT2D eigenvalue weighted by atomic mass is 9.91. The molecule has 108 valence electrons. The predicted molar refractivity (Wildman–Crippen MR) is 75.2 cm³/mol. The Morgan fingerprint density at radius 3 is 2.90 bits per heavy atom. The smallest absolute Gasteiger partial charge is 0.254 e. The third-order valence-electron chi connectivity index (χ3n) is 4.29. The number of carbonyl (C=O) groups is 1. The van der Waals surface area contributed by atoms with E-state index in [2.05, 4.69) is 5.32 Å². The van der Waals surface area contributed by atoms with E-state index >= 15 is 0 Å².